The average molecular weight is 417 g/mol. The van der Waals surface area contributed by atoms with Gasteiger partial charge in [0.15, 0.2) is 5.76 Å². The van der Waals surface area contributed by atoms with E-state index in [0.717, 1.165) is 29.3 Å². The van der Waals surface area contributed by atoms with E-state index in [1.54, 1.807) is 18.4 Å². The quantitative estimate of drug-likeness (QED) is 0.515. The van der Waals surface area contributed by atoms with Crippen LogP contribution in [0, 0.1) is 0 Å². The molecule has 0 atom stereocenters. The summed E-state index contributed by atoms with van der Waals surface area (Å²) in [5, 5.41) is 7.57. The molecule has 1 N–H and O–H groups in total. The van der Waals surface area contributed by atoms with E-state index in [1.807, 2.05) is 24.3 Å². The molecule has 7 heteroatoms. The molecular formula is C19H21BrN4O2. The van der Waals surface area contributed by atoms with Crippen molar-refractivity contribution in [1.82, 2.24) is 14.8 Å². The van der Waals surface area contributed by atoms with E-state index in [1.165, 1.54) is 4.68 Å². The maximum Gasteiger partial charge on any atom is 0.250 e. The van der Waals surface area contributed by atoms with Crippen molar-refractivity contribution in [2.24, 2.45) is 0 Å². The molecule has 0 aliphatic rings. The SMILES string of the molecule is CCCCCC(=O)n1nc(-c2ccco2)nc1NCc1cccc(Br)c1. The lowest BCUT2D eigenvalue weighted by molar-refractivity contribution is 0.0886. The number of nitrogens with one attached hydrogen (secondary N) is 1. The first-order valence-corrected chi connectivity index (χ1v) is 9.49. The highest BCUT2D eigenvalue weighted by Gasteiger charge is 2.18. The molecule has 26 heavy (non-hydrogen) atoms. The summed E-state index contributed by atoms with van der Waals surface area (Å²) in [6.45, 7) is 2.65. The van der Waals surface area contributed by atoms with Crippen LogP contribution in [-0.4, -0.2) is 20.7 Å². The number of rotatable bonds is 8. The summed E-state index contributed by atoms with van der Waals surface area (Å²) in [5.74, 6) is 1.30. The summed E-state index contributed by atoms with van der Waals surface area (Å²) in [5.41, 5.74) is 1.08. The van der Waals surface area contributed by atoms with Gasteiger partial charge in [-0.1, -0.05) is 47.8 Å². The topological polar surface area (TPSA) is 73.0 Å². The molecule has 3 aromatic rings. The number of benzene rings is 1. The van der Waals surface area contributed by atoms with Gasteiger partial charge in [-0.25, -0.2) is 0 Å². The van der Waals surface area contributed by atoms with Gasteiger partial charge in [0.05, 0.1) is 6.26 Å². The van der Waals surface area contributed by atoms with Crippen LogP contribution >= 0.6 is 15.9 Å². The van der Waals surface area contributed by atoms with E-state index in [0.29, 0.717) is 30.5 Å². The summed E-state index contributed by atoms with van der Waals surface area (Å²) in [6.07, 6.45) is 4.94. The van der Waals surface area contributed by atoms with Crippen LogP contribution in [0.15, 0.2) is 51.6 Å². The van der Waals surface area contributed by atoms with Crippen LogP contribution in [0.5, 0.6) is 0 Å². The smallest absolute Gasteiger partial charge is 0.250 e. The first kappa shape index (κ1) is 18.4. The highest BCUT2D eigenvalue weighted by Crippen LogP contribution is 2.20. The Morgan fingerprint density at radius 2 is 2.15 bits per heavy atom. The minimum Gasteiger partial charge on any atom is -0.461 e. The van der Waals surface area contributed by atoms with Gasteiger partial charge in [-0.15, -0.1) is 5.10 Å². The minimum absolute atomic E-state index is 0.0690. The Balaban J connectivity index is 1.80. The standard InChI is InChI=1S/C19H21BrN4O2/c1-2-3-4-10-17(25)24-19(21-13-14-7-5-8-15(20)12-14)22-18(23-24)16-9-6-11-26-16/h5-9,11-12H,2-4,10,13H2,1H3,(H,21,22,23). The fourth-order valence-corrected chi connectivity index (χ4v) is 3.02. The molecule has 0 fully saturated rings. The van der Waals surface area contributed by atoms with Gasteiger partial charge < -0.3 is 9.73 Å². The molecular weight excluding hydrogens is 396 g/mol. The lowest BCUT2D eigenvalue weighted by atomic mass is 10.2. The molecule has 0 saturated carbocycles. The molecule has 0 unspecified atom stereocenters. The first-order valence-electron chi connectivity index (χ1n) is 8.70. The lowest BCUT2D eigenvalue weighted by Gasteiger charge is -2.07. The second-order valence-electron chi connectivity index (χ2n) is 5.98. The van der Waals surface area contributed by atoms with Gasteiger partial charge in [-0.05, 0) is 36.2 Å². The largest absolute Gasteiger partial charge is 0.461 e. The number of furan rings is 1. The van der Waals surface area contributed by atoms with E-state index in [2.05, 4.69) is 38.3 Å². The number of hydrogen-bond donors (Lipinski definition) is 1. The molecule has 1 aromatic carbocycles. The number of nitrogens with zero attached hydrogens (tertiary/aromatic N) is 3. The number of carbonyl (C=O) groups excluding carboxylic acids is 1. The predicted molar refractivity (Wildman–Crippen MR) is 104 cm³/mol. The second kappa shape index (κ2) is 8.80. The van der Waals surface area contributed by atoms with Crippen molar-refractivity contribution in [2.45, 2.75) is 39.2 Å². The van der Waals surface area contributed by atoms with Gasteiger partial charge in [-0.2, -0.15) is 9.67 Å². The Bertz CT molecular complexity index is 858. The third-order valence-electron chi connectivity index (χ3n) is 3.92. The molecule has 2 aromatic heterocycles. The van der Waals surface area contributed by atoms with Gasteiger partial charge in [0.1, 0.15) is 0 Å². The number of anilines is 1. The van der Waals surface area contributed by atoms with Crippen LogP contribution in [0.3, 0.4) is 0 Å². The van der Waals surface area contributed by atoms with Crippen LogP contribution in [0.2, 0.25) is 0 Å². The lowest BCUT2D eigenvalue weighted by Crippen LogP contribution is -2.16. The third-order valence-corrected chi connectivity index (χ3v) is 4.41. The number of aromatic nitrogens is 3. The monoisotopic (exact) mass is 416 g/mol. The van der Waals surface area contributed by atoms with E-state index >= 15 is 0 Å². The first-order chi connectivity index (χ1) is 12.7. The Labute approximate surface area is 160 Å². The van der Waals surface area contributed by atoms with Crippen molar-refractivity contribution < 1.29 is 9.21 Å². The Kier molecular flexibility index (Phi) is 6.22. The molecule has 136 valence electrons. The Hall–Kier alpha value is -2.41. The molecule has 0 amide bonds. The van der Waals surface area contributed by atoms with E-state index < -0.39 is 0 Å². The van der Waals surface area contributed by atoms with Crippen molar-refractivity contribution in [2.75, 3.05) is 5.32 Å². The number of unbranched alkanes of at least 4 members (excludes halogenated alkanes) is 2. The van der Waals surface area contributed by atoms with E-state index in [4.69, 9.17) is 4.42 Å². The summed E-state index contributed by atoms with van der Waals surface area (Å²) < 4.78 is 7.72. The normalized spacial score (nSPS) is 10.8. The number of carbonyl (C=O) groups is 1. The highest BCUT2D eigenvalue weighted by atomic mass is 79.9. The third kappa shape index (κ3) is 4.60. The van der Waals surface area contributed by atoms with Crippen molar-refractivity contribution >= 4 is 27.8 Å². The Morgan fingerprint density at radius 3 is 2.88 bits per heavy atom. The van der Waals surface area contributed by atoms with Gasteiger partial charge in [0, 0.05) is 17.4 Å². The fourth-order valence-electron chi connectivity index (χ4n) is 2.57. The van der Waals surface area contributed by atoms with Gasteiger partial charge in [0.2, 0.25) is 17.7 Å². The molecule has 0 spiro atoms. The van der Waals surface area contributed by atoms with Crippen LogP contribution in [0.1, 0.15) is 43.0 Å². The van der Waals surface area contributed by atoms with Crippen molar-refractivity contribution in [3.05, 3.63) is 52.7 Å². The number of halogens is 1. The molecule has 0 radical (unpaired) electrons. The zero-order chi connectivity index (χ0) is 18.4. The van der Waals surface area contributed by atoms with Crippen LogP contribution in [0.25, 0.3) is 11.6 Å². The minimum atomic E-state index is -0.0690. The molecule has 3 rings (SSSR count). The summed E-state index contributed by atoms with van der Waals surface area (Å²) >= 11 is 3.46. The zero-order valence-electron chi connectivity index (χ0n) is 14.6. The van der Waals surface area contributed by atoms with Crippen molar-refractivity contribution in [3.63, 3.8) is 0 Å². The van der Waals surface area contributed by atoms with Crippen LogP contribution in [0.4, 0.5) is 5.95 Å². The van der Waals surface area contributed by atoms with E-state index in [-0.39, 0.29) is 5.91 Å². The molecule has 6 nitrogen and oxygen atoms in total. The summed E-state index contributed by atoms with van der Waals surface area (Å²) in [6, 6.07) is 11.5. The fraction of sp³-hybridized carbons (Fsp3) is 0.316. The molecule has 0 saturated heterocycles. The van der Waals surface area contributed by atoms with Crippen LogP contribution in [-0.2, 0) is 6.54 Å². The van der Waals surface area contributed by atoms with Crippen molar-refractivity contribution in [1.29, 1.82) is 0 Å². The molecule has 0 aliphatic heterocycles. The predicted octanol–water partition coefficient (Wildman–Crippen LogP) is 5.13. The van der Waals surface area contributed by atoms with E-state index in [9.17, 15) is 4.79 Å². The highest BCUT2D eigenvalue weighted by molar-refractivity contribution is 9.10. The zero-order valence-corrected chi connectivity index (χ0v) is 16.2. The molecule has 0 aliphatic carbocycles. The summed E-state index contributed by atoms with van der Waals surface area (Å²) in [4.78, 5) is 17.0. The van der Waals surface area contributed by atoms with Crippen LogP contribution < -0.4 is 5.32 Å². The second-order valence-corrected chi connectivity index (χ2v) is 6.90. The molecule has 2 heterocycles. The number of hydrogen-bond acceptors (Lipinski definition) is 5. The average Bonchev–Trinajstić information content (AvgIpc) is 3.30. The van der Waals surface area contributed by atoms with Gasteiger partial charge >= 0.3 is 0 Å². The van der Waals surface area contributed by atoms with Gasteiger partial charge in [0.25, 0.3) is 0 Å². The molecule has 0 bridgehead atoms. The maximum absolute atomic E-state index is 12.6. The Morgan fingerprint density at radius 1 is 1.27 bits per heavy atom. The van der Waals surface area contributed by atoms with Gasteiger partial charge in [-0.3, -0.25) is 4.79 Å². The maximum atomic E-state index is 12.6. The summed E-state index contributed by atoms with van der Waals surface area (Å²) in [7, 11) is 0. The van der Waals surface area contributed by atoms with Crippen molar-refractivity contribution in [3.8, 4) is 11.6 Å².